The maximum Gasteiger partial charge on any atom is 0.300 e. The monoisotopic (exact) mass is 431 g/mol. The van der Waals surface area contributed by atoms with Crippen LogP contribution in [-0.2, 0) is 11.2 Å². The van der Waals surface area contributed by atoms with Crippen LogP contribution >= 0.6 is 0 Å². The van der Waals surface area contributed by atoms with Gasteiger partial charge in [-0.05, 0) is 62.2 Å². The molecule has 0 aliphatic rings. The summed E-state index contributed by atoms with van der Waals surface area (Å²) in [5.74, 6) is 1.35. The van der Waals surface area contributed by atoms with Gasteiger partial charge in [-0.1, -0.05) is 12.1 Å². The number of aromatic nitrogens is 4. The molecule has 0 atom stereocenters. The highest BCUT2D eigenvalue weighted by molar-refractivity contribution is 5.90. The first-order chi connectivity index (χ1) is 15.5. The largest absolute Gasteiger partial charge is 0.494 e. The summed E-state index contributed by atoms with van der Waals surface area (Å²) in [4.78, 5) is 25.1. The number of fused-ring (bicyclic) bond motifs is 1. The molecule has 4 aromatic rings. The van der Waals surface area contributed by atoms with E-state index in [4.69, 9.17) is 4.74 Å². The van der Waals surface area contributed by atoms with Crippen molar-refractivity contribution in [2.45, 2.75) is 33.1 Å². The fraction of sp³-hybridized carbons (Fsp3) is 0.250. The van der Waals surface area contributed by atoms with Crippen LogP contribution in [0.25, 0.3) is 11.3 Å². The zero-order valence-corrected chi connectivity index (χ0v) is 18.1. The van der Waals surface area contributed by atoms with E-state index in [1.54, 1.807) is 16.8 Å². The molecule has 1 N–H and O–H groups in total. The van der Waals surface area contributed by atoms with Gasteiger partial charge in [-0.15, -0.1) is 10.2 Å². The van der Waals surface area contributed by atoms with Crippen molar-refractivity contribution < 1.29 is 9.53 Å². The predicted octanol–water partition coefficient (Wildman–Crippen LogP) is 3.55. The first-order valence-electron chi connectivity index (χ1n) is 10.6. The van der Waals surface area contributed by atoms with Crippen molar-refractivity contribution in [3.05, 3.63) is 82.7 Å². The third-order valence-electron chi connectivity index (χ3n) is 5.07. The number of benzene rings is 2. The van der Waals surface area contributed by atoms with Crippen molar-refractivity contribution in [3.63, 3.8) is 0 Å². The molecule has 0 bridgehead atoms. The van der Waals surface area contributed by atoms with E-state index < -0.39 is 0 Å². The molecule has 2 aromatic heterocycles. The number of amides is 1. The average molecular weight is 431 g/mol. The molecule has 0 saturated carbocycles. The van der Waals surface area contributed by atoms with Gasteiger partial charge in [0, 0.05) is 36.6 Å². The summed E-state index contributed by atoms with van der Waals surface area (Å²) in [5.41, 5.74) is 2.60. The number of carbonyl (C=O) groups excluding carboxylic acids is 1. The Hall–Kier alpha value is -3.94. The smallest absolute Gasteiger partial charge is 0.300 e. The third kappa shape index (κ3) is 4.69. The number of carbonyl (C=O) groups is 1. The van der Waals surface area contributed by atoms with E-state index in [2.05, 4.69) is 15.5 Å². The molecule has 8 heteroatoms. The number of hydrogen-bond acceptors (Lipinski definition) is 5. The van der Waals surface area contributed by atoms with Gasteiger partial charge < -0.3 is 10.1 Å². The van der Waals surface area contributed by atoms with Crippen LogP contribution in [0.1, 0.15) is 31.2 Å². The van der Waals surface area contributed by atoms with Crippen LogP contribution in [0.15, 0.2) is 65.7 Å². The Morgan fingerprint density at radius 3 is 2.66 bits per heavy atom. The van der Waals surface area contributed by atoms with Crippen LogP contribution in [0.5, 0.6) is 5.75 Å². The van der Waals surface area contributed by atoms with E-state index in [1.165, 1.54) is 4.57 Å². The standard InChI is InChI=1S/C24H25N5O3/c1-3-32-20-12-10-19(11-13-20)28-14-15-29-21(26-27-23(29)24(28)31)8-5-9-22(30)25-18-7-4-6-17(2)16-18/h4,6-7,10-16H,3,5,8-9H2,1-2H3,(H,25,30). The first kappa shape index (κ1) is 21.3. The summed E-state index contributed by atoms with van der Waals surface area (Å²) in [6.07, 6.45) is 4.96. The van der Waals surface area contributed by atoms with Gasteiger partial charge in [0.25, 0.3) is 0 Å². The fourth-order valence-corrected chi connectivity index (χ4v) is 3.53. The number of ether oxygens (including phenoxy) is 1. The lowest BCUT2D eigenvalue weighted by atomic mass is 10.2. The number of hydrogen-bond donors (Lipinski definition) is 1. The highest BCUT2D eigenvalue weighted by atomic mass is 16.5. The minimum atomic E-state index is -0.257. The van der Waals surface area contributed by atoms with Crippen molar-refractivity contribution in [1.29, 1.82) is 0 Å². The lowest BCUT2D eigenvalue weighted by molar-refractivity contribution is -0.116. The molecule has 32 heavy (non-hydrogen) atoms. The van der Waals surface area contributed by atoms with Crippen molar-refractivity contribution in [3.8, 4) is 11.4 Å². The molecule has 164 valence electrons. The number of anilines is 1. The van der Waals surface area contributed by atoms with E-state index in [0.717, 1.165) is 22.7 Å². The van der Waals surface area contributed by atoms with Gasteiger partial charge in [-0.2, -0.15) is 0 Å². The van der Waals surface area contributed by atoms with E-state index in [1.807, 2.05) is 62.4 Å². The maximum absolute atomic E-state index is 12.9. The van der Waals surface area contributed by atoms with Crippen LogP contribution in [0.3, 0.4) is 0 Å². The Kier molecular flexibility index (Phi) is 6.30. The summed E-state index contributed by atoms with van der Waals surface area (Å²) < 4.78 is 8.66. The number of nitrogens with zero attached hydrogens (tertiary/aromatic N) is 4. The minimum absolute atomic E-state index is 0.0534. The maximum atomic E-state index is 12.9. The molecule has 0 radical (unpaired) electrons. The van der Waals surface area contributed by atoms with Gasteiger partial charge in [0.15, 0.2) is 0 Å². The summed E-state index contributed by atoms with van der Waals surface area (Å²) in [5, 5.41) is 11.2. The first-order valence-corrected chi connectivity index (χ1v) is 10.6. The van der Waals surface area contributed by atoms with Crippen molar-refractivity contribution >= 4 is 17.2 Å². The van der Waals surface area contributed by atoms with E-state index in [9.17, 15) is 9.59 Å². The van der Waals surface area contributed by atoms with Gasteiger partial charge in [0.1, 0.15) is 11.6 Å². The van der Waals surface area contributed by atoms with Crippen LogP contribution in [0, 0.1) is 6.92 Å². The second-order valence-corrected chi connectivity index (χ2v) is 7.48. The summed E-state index contributed by atoms with van der Waals surface area (Å²) in [6.45, 7) is 4.49. The minimum Gasteiger partial charge on any atom is -0.494 e. The van der Waals surface area contributed by atoms with E-state index in [0.29, 0.717) is 31.7 Å². The normalized spacial score (nSPS) is 10.9. The molecule has 1 amide bonds. The average Bonchev–Trinajstić information content (AvgIpc) is 3.19. The van der Waals surface area contributed by atoms with Crippen LogP contribution in [0.4, 0.5) is 5.69 Å². The lowest BCUT2D eigenvalue weighted by Gasteiger charge is -2.08. The highest BCUT2D eigenvalue weighted by Gasteiger charge is 2.12. The predicted molar refractivity (Wildman–Crippen MR) is 122 cm³/mol. The molecule has 0 aliphatic heterocycles. The number of aryl methyl sites for hydroxylation is 2. The van der Waals surface area contributed by atoms with Crippen LogP contribution < -0.4 is 15.6 Å². The number of nitrogens with one attached hydrogen (secondary N) is 1. The molecular weight excluding hydrogens is 406 g/mol. The van der Waals surface area contributed by atoms with Gasteiger partial charge in [-0.3, -0.25) is 18.6 Å². The van der Waals surface area contributed by atoms with Crippen LogP contribution in [-0.4, -0.2) is 31.7 Å². The lowest BCUT2D eigenvalue weighted by Crippen LogP contribution is -2.20. The Morgan fingerprint density at radius 1 is 1.09 bits per heavy atom. The molecular formula is C24H25N5O3. The Labute approximate surface area is 185 Å². The highest BCUT2D eigenvalue weighted by Crippen LogP contribution is 2.15. The van der Waals surface area contributed by atoms with E-state index >= 15 is 0 Å². The van der Waals surface area contributed by atoms with Crippen LogP contribution in [0.2, 0.25) is 0 Å². The molecule has 0 saturated heterocycles. The van der Waals surface area contributed by atoms with Crippen molar-refractivity contribution in [1.82, 2.24) is 19.2 Å². The molecule has 8 nitrogen and oxygen atoms in total. The zero-order chi connectivity index (χ0) is 22.5. The second kappa shape index (κ2) is 9.47. The van der Waals surface area contributed by atoms with Gasteiger partial charge in [-0.25, -0.2) is 0 Å². The Morgan fingerprint density at radius 2 is 1.91 bits per heavy atom. The topological polar surface area (TPSA) is 90.5 Å². The summed E-state index contributed by atoms with van der Waals surface area (Å²) in [7, 11) is 0. The van der Waals surface area contributed by atoms with E-state index in [-0.39, 0.29) is 17.1 Å². The summed E-state index contributed by atoms with van der Waals surface area (Å²) in [6, 6.07) is 15.0. The molecule has 2 heterocycles. The van der Waals surface area contributed by atoms with Gasteiger partial charge in [0.05, 0.1) is 6.61 Å². The fourth-order valence-electron chi connectivity index (χ4n) is 3.53. The zero-order valence-electron chi connectivity index (χ0n) is 18.1. The third-order valence-corrected chi connectivity index (χ3v) is 5.07. The quantitative estimate of drug-likeness (QED) is 0.461. The number of rotatable bonds is 8. The molecule has 2 aromatic carbocycles. The molecule has 0 aliphatic carbocycles. The molecule has 4 rings (SSSR count). The summed E-state index contributed by atoms with van der Waals surface area (Å²) >= 11 is 0. The molecule has 0 spiro atoms. The van der Waals surface area contributed by atoms with Gasteiger partial charge in [0.2, 0.25) is 11.6 Å². The Bertz CT molecular complexity index is 1290. The van der Waals surface area contributed by atoms with Gasteiger partial charge >= 0.3 is 5.56 Å². The van der Waals surface area contributed by atoms with Crippen molar-refractivity contribution in [2.75, 3.05) is 11.9 Å². The van der Waals surface area contributed by atoms with Crippen molar-refractivity contribution in [2.24, 2.45) is 0 Å². The molecule has 0 unspecified atom stereocenters. The SMILES string of the molecule is CCOc1ccc(-n2ccn3c(CCCC(=O)Nc4cccc(C)c4)nnc3c2=O)cc1. The Balaban J connectivity index is 1.43. The second-order valence-electron chi connectivity index (χ2n) is 7.48. The molecule has 0 fully saturated rings.